The van der Waals surface area contributed by atoms with Gasteiger partial charge in [-0.2, -0.15) is 15.3 Å². The quantitative estimate of drug-likeness (QED) is 0.00885. The van der Waals surface area contributed by atoms with Gasteiger partial charge >= 0.3 is 0 Å². The molecule has 592 valence electrons. The van der Waals surface area contributed by atoms with E-state index in [4.69, 9.17) is 11.5 Å². The molecule has 2 atom stereocenters. The normalized spacial score (nSPS) is 11.8. The summed E-state index contributed by atoms with van der Waals surface area (Å²) in [6, 6.07) is -2.64. The lowest BCUT2D eigenvalue weighted by atomic mass is 10.1. The van der Waals surface area contributed by atoms with Crippen molar-refractivity contribution in [3.05, 3.63) is 0 Å². The fraction of sp³-hybridized carbons (Fsp3) is 0.803. The van der Waals surface area contributed by atoms with Crippen LogP contribution in [0.5, 0.6) is 0 Å². The molecule has 0 aliphatic rings. The highest BCUT2D eigenvalue weighted by Crippen LogP contribution is 2.22. The Morgan fingerprint density at radius 2 is 0.563 bits per heavy atom. The number of hydrazone groups is 3. The molecular formula is C71H132N16O10S6. The van der Waals surface area contributed by atoms with Crippen LogP contribution in [0.15, 0.2) is 20.3 Å². The van der Waals surface area contributed by atoms with Gasteiger partial charge < -0.3 is 48.7 Å². The summed E-state index contributed by atoms with van der Waals surface area (Å²) in [6.07, 6.45) is 48.2. The molecule has 0 aromatic rings. The number of nitrogens with one attached hydrogen (secondary N) is 10. The fourth-order valence-corrected chi connectivity index (χ4v) is 15.1. The number of nitrogens with two attached hydrogens (primary N) is 2. The fourth-order valence-electron chi connectivity index (χ4n) is 10.1. The van der Waals surface area contributed by atoms with E-state index in [0.29, 0.717) is 0 Å². The number of rotatable bonds is 73. The van der Waals surface area contributed by atoms with Gasteiger partial charge in [0.1, 0.15) is 12.1 Å². The third kappa shape index (κ3) is 71.1. The van der Waals surface area contributed by atoms with E-state index in [2.05, 4.69) is 94.6 Å². The molecule has 0 saturated carbocycles. The highest BCUT2D eigenvalue weighted by Gasteiger charge is 2.27. The topological polar surface area (TPSA) is 392 Å². The highest BCUT2D eigenvalue weighted by atomic mass is 33.1. The monoisotopic (exact) mass is 1560 g/mol. The Balaban J connectivity index is 5.05. The number of aliphatic imine (C=N–C) groups is 1. The van der Waals surface area contributed by atoms with Crippen molar-refractivity contribution in [3.63, 3.8) is 0 Å². The third-order valence-electron chi connectivity index (χ3n) is 15.9. The predicted octanol–water partition coefficient (Wildman–Crippen LogP) is 10.9. The van der Waals surface area contributed by atoms with Crippen molar-refractivity contribution in [2.24, 2.45) is 31.8 Å². The average Bonchev–Trinajstić information content (AvgIpc) is 0.908. The van der Waals surface area contributed by atoms with Crippen LogP contribution in [0.25, 0.3) is 0 Å². The molecule has 26 nitrogen and oxygen atoms in total. The Kier molecular flexibility index (Phi) is 71.7. The third-order valence-corrected chi connectivity index (χ3v) is 22.3. The van der Waals surface area contributed by atoms with Crippen molar-refractivity contribution < 1.29 is 47.9 Å². The maximum absolute atomic E-state index is 13.8. The lowest BCUT2D eigenvalue weighted by Crippen LogP contribution is -2.51. The van der Waals surface area contributed by atoms with Gasteiger partial charge in [-0.05, 0) is 51.4 Å². The maximum atomic E-state index is 13.8. The summed E-state index contributed by atoms with van der Waals surface area (Å²) in [4.78, 5) is 132. The van der Waals surface area contributed by atoms with E-state index in [0.717, 1.165) is 57.8 Å². The minimum atomic E-state index is -1.33. The summed E-state index contributed by atoms with van der Waals surface area (Å²) >= 11 is 0. The van der Waals surface area contributed by atoms with Crippen LogP contribution in [-0.2, 0) is 47.9 Å². The lowest BCUT2D eigenvalue weighted by molar-refractivity contribution is -0.130. The minimum absolute atomic E-state index is 0.0155. The first-order valence-electron chi connectivity index (χ1n) is 38.3. The number of unbranched alkanes of at least 4 members (excludes halogenated alkanes) is 33. The van der Waals surface area contributed by atoms with Crippen LogP contribution in [0.2, 0.25) is 0 Å². The van der Waals surface area contributed by atoms with Gasteiger partial charge in [0.15, 0.2) is 5.96 Å². The van der Waals surface area contributed by atoms with E-state index in [1.807, 2.05) is 0 Å². The Bertz CT molecular complexity index is 2370. The zero-order valence-electron chi connectivity index (χ0n) is 62.6. The van der Waals surface area contributed by atoms with Crippen LogP contribution in [0.3, 0.4) is 0 Å². The molecule has 0 radical (unpaired) electrons. The summed E-state index contributed by atoms with van der Waals surface area (Å²) in [5.74, 6) is -4.24. The number of hydrogen-bond donors (Lipinski definition) is 12. The highest BCUT2D eigenvalue weighted by molar-refractivity contribution is 8.77. The molecule has 0 aliphatic heterocycles. The van der Waals surface area contributed by atoms with E-state index < -0.39 is 41.7 Å². The van der Waals surface area contributed by atoms with Crippen molar-refractivity contribution in [1.29, 1.82) is 0 Å². The number of nitrogens with zero attached hydrogens (tertiary/aromatic N) is 4. The predicted molar refractivity (Wildman–Crippen MR) is 436 cm³/mol. The number of amides is 10. The van der Waals surface area contributed by atoms with E-state index in [9.17, 15) is 47.9 Å². The molecule has 0 saturated heterocycles. The Labute approximate surface area is 641 Å². The molecule has 0 rings (SSSR count). The second-order valence-electron chi connectivity index (χ2n) is 25.3. The van der Waals surface area contributed by atoms with Crippen LogP contribution in [0.1, 0.15) is 278 Å². The molecule has 0 aliphatic carbocycles. The molecule has 0 heterocycles. The number of carbonyl (C=O) groups is 10. The molecule has 10 amide bonds. The van der Waals surface area contributed by atoms with Gasteiger partial charge in [-0.15, -0.1) is 0 Å². The molecule has 0 unspecified atom stereocenters. The van der Waals surface area contributed by atoms with Crippen molar-refractivity contribution in [1.82, 2.24) is 53.5 Å². The summed E-state index contributed by atoms with van der Waals surface area (Å²) in [6.45, 7) is 6.99. The molecule has 103 heavy (non-hydrogen) atoms. The molecule has 32 heteroatoms. The van der Waals surface area contributed by atoms with Crippen molar-refractivity contribution >= 4 is 148 Å². The van der Waals surface area contributed by atoms with Crippen molar-refractivity contribution in [2.75, 3.05) is 73.8 Å². The van der Waals surface area contributed by atoms with Crippen LogP contribution < -0.4 is 65.0 Å². The van der Waals surface area contributed by atoms with Gasteiger partial charge in [0.05, 0.1) is 34.5 Å². The van der Waals surface area contributed by atoms with Gasteiger partial charge in [-0.25, -0.2) is 21.3 Å². The van der Waals surface area contributed by atoms with E-state index in [1.165, 1.54) is 238 Å². The first-order valence-corrected chi connectivity index (χ1v) is 45.7. The molecule has 14 N–H and O–H groups in total. The largest absolute Gasteiger partial charge is 0.370 e. The summed E-state index contributed by atoms with van der Waals surface area (Å²) < 4.78 is 0. The van der Waals surface area contributed by atoms with Crippen LogP contribution in [0, 0.1) is 0 Å². The second kappa shape index (κ2) is 75.3. The standard InChI is InChI=1S/C71H132N16O10S6/c1-4-7-10-13-16-19-22-25-28-31-34-37-44-80-85-66(93)56-101-98-53-63(90)76-49-47-74-61(88)42-40-59(69(96)79-52-51-78-65(92)55-100-103-58-68(95)87-82-46-39-36-33-30-27-24-21-18-15-12-9-6-3)83-70(97)60(84-71(72)73)41-43-62(89)75-48-50-77-64(91)54-99-102-57-67(94)86-81-45-38-35-32-29-26-23-20-17-14-11-8-5-2/h44-46,59-60H,4-43,47-58H2,1-3H3,(H,74,88)(H,75,89)(H,76,90)(H,77,91)(H,78,92)(H,79,96)(H,83,97)(H,85,93)(H,86,94)(H,87,95)(H4,72,73,84)/b80-44-,81-45-,82-46-/t59-,60-/m0/s1. The maximum Gasteiger partial charge on any atom is 0.250 e. The van der Waals surface area contributed by atoms with Crippen molar-refractivity contribution in [3.8, 4) is 0 Å². The Morgan fingerprint density at radius 1 is 0.311 bits per heavy atom. The zero-order valence-corrected chi connectivity index (χ0v) is 67.5. The van der Waals surface area contributed by atoms with Crippen LogP contribution in [-0.4, -0.2) is 170 Å². The number of guanidine groups is 1. The van der Waals surface area contributed by atoms with E-state index in [1.54, 1.807) is 18.6 Å². The van der Waals surface area contributed by atoms with Crippen molar-refractivity contribution in [2.45, 2.75) is 290 Å². The minimum Gasteiger partial charge on any atom is -0.370 e. The van der Waals surface area contributed by atoms with E-state index >= 15 is 0 Å². The van der Waals surface area contributed by atoms with Gasteiger partial charge in [0.2, 0.25) is 41.4 Å². The molecule has 0 fully saturated rings. The number of hydrogen-bond acceptors (Lipinski definition) is 20. The SMILES string of the molecule is CCCCCCCCCCCCC/C=N\NC(=O)CSSCC(=O)NCCNC(=O)CC[C@H](N=C(N)N)C(=O)N[C@@H](CCC(=O)NCCNC(=O)CSSCC(=O)N/N=C\CCCCCCCCCCCCC)C(=O)NCCNC(=O)CSSCC(=O)N/N=C\CCCCCCCCCCCCC. The van der Waals surface area contributed by atoms with Crippen LogP contribution in [0.4, 0.5) is 0 Å². The second-order valence-corrected chi connectivity index (χ2v) is 32.7. The van der Waals surface area contributed by atoms with Gasteiger partial charge in [0.25, 0.3) is 17.7 Å². The molecule has 0 aromatic heterocycles. The Morgan fingerprint density at radius 3 is 0.854 bits per heavy atom. The summed E-state index contributed by atoms with van der Waals surface area (Å²) in [7, 11) is 7.23. The molecule has 0 aromatic carbocycles. The zero-order chi connectivity index (χ0) is 75.5. The first-order chi connectivity index (χ1) is 50.1. The van der Waals surface area contributed by atoms with Gasteiger partial charge in [-0.1, -0.05) is 278 Å². The van der Waals surface area contributed by atoms with Crippen LogP contribution >= 0.6 is 64.8 Å². The summed E-state index contributed by atoms with van der Waals surface area (Å²) in [5.41, 5.74) is 18.9. The van der Waals surface area contributed by atoms with E-state index in [-0.39, 0.29) is 135 Å². The smallest absolute Gasteiger partial charge is 0.250 e. The summed E-state index contributed by atoms with van der Waals surface area (Å²) in [5, 5.41) is 30.8. The Hall–Kier alpha value is -4.92. The lowest BCUT2D eigenvalue weighted by Gasteiger charge is -2.21. The van der Waals surface area contributed by atoms with Gasteiger partial charge in [0, 0.05) is 70.8 Å². The molecule has 0 spiro atoms. The average molecular weight is 1560 g/mol. The van der Waals surface area contributed by atoms with Gasteiger partial charge in [-0.3, -0.25) is 47.9 Å². The number of carbonyl (C=O) groups excluding carboxylic acids is 10. The first kappa shape index (κ1) is 98.1. The molecule has 0 bridgehead atoms. The molecular weight excluding hydrogens is 1430 g/mol.